The summed E-state index contributed by atoms with van der Waals surface area (Å²) in [7, 11) is 4.24. The van der Waals surface area contributed by atoms with Crippen molar-refractivity contribution < 1.29 is 4.74 Å². The summed E-state index contributed by atoms with van der Waals surface area (Å²) in [4.78, 5) is 2.24. The van der Waals surface area contributed by atoms with Gasteiger partial charge in [0.1, 0.15) is 0 Å². The van der Waals surface area contributed by atoms with Crippen molar-refractivity contribution in [3.05, 3.63) is 35.9 Å². The minimum absolute atomic E-state index is 0.316. The minimum atomic E-state index is 0.316. The Morgan fingerprint density at radius 2 is 2.00 bits per heavy atom. The summed E-state index contributed by atoms with van der Waals surface area (Å²) in [6, 6.07) is 10.5. The Hall–Kier alpha value is -0.860. The predicted molar refractivity (Wildman–Crippen MR) is 61.8 cm³/mol. The van der Waals surface area contributed by atoms with Crippen LogP contribution < -0.4 is 0 Å². The third-order valence-electron chi connectivity index (χ3n) is 2.88. The molecule has 1 aliphatic heterocycles. The van der Waals surface area contributed by atoms with Gasteiger partial charge in [-0.3, -0.25) is 0 Å². The van der Waals surface area contributed by atoms with Crippen molar-refractivity contribution in [1.29, 1.82) is 0 Å². The van der Waals surface area contributed by atoms with E-state index in [1.54, 1.807) is 0 Å². The van der Waals surface area contributed by atoms with Gasteiger partial charge in [0.15, 0.2) is 0 Å². The molecular formula is C13H19NO. The summed E-state index contributed by atoms with van der Waals surface area (Å²) in [6.07, 6.45) is 1.47. The van der Waals surface area contributed by atoms with Crippen LogP contribution in [-0.4, -0.2) is 32.1 Å². The third kappa shape index (κ3) is 2.80. The van der Waals surface area contributed by atoms with Gasteiger partial charge in [0.05, 0.1) is 12.7 Å². The van der Waals surface area contributed by atoms with Crippen molar-refractivity contribution in [3.63, 3.8) is 0 Å². The Kier molecular flexibility index (Phi) is 3.39. The predicted octanol–water partition coefficient (Wildman–Crippen LogP) is 2.33. The van der Waals surface area contributed by atoms with E-state index in [4.69, 9.17) is 4.74 Å². The van der Waals surface area contributed by atoms with Gasteiger partial charge < -0.3 is 9.64 Å². The summed E-state index contributed by atoms with van der Waals surface area (Å²) in [5.74, 6) is 0.685. The third-order valence-corrected chi connectivity index (χ3v) is 2.88. The molecule has 2 heteroatoms. The Morgan fingerprint density at radius 3 is 2.67 bits per heavy atom. The summed E-state index contributed by atoms with van der Waals surface area (Å²) in [5, 5.41) is 0. The van der Waals surface area contributed by atoms with E-state index < -0.39 is 0 Å². The molecule has 2 nitrogen and oxygen atoms in total. The van der Waals surface area contributed by atoms with E-state index in [0.29, 0.717) is 12.0 Å². The fraction of sp³-hybridized carbons (Fsp3) is 0.538. The van der Waals surface area contributed by atoms with E-state index >= 15 is 0 Å². The van der Waals surface area contributed by atoms with Crippen LogP contribution in [0, 0.1) is 5.92 Å². The monoisotopic (exact) mass is 205 g/mol. The Bertz CT molecular complexity index is 297. The Labute approximate surface area is 91.9 Å². The zero-order valence-corrected chi connectivity index (χ0v) is 9.52. The van der Waals surface area contributed by atoms with Crippen LogP contribution in [0.5, 0.6) is 0 Å². The van der Waals surface area contributed by atoms with Gasteiger partial charge in [-0.2, -0.15) is 0 Å². The standard InChI is InChI=1S/C13H19NO/c1-14(2)9-11-8-13(15-10-11)12-6-4-3-5-7-12/h3-7,11,13H,8-10H2,1-2H3. The number of ether oxygens (including phenoxy) is 1. The lowest BCUT2D eigenvalue weighted by Gasteiger charge is -2.14. The molecular weight excluding hydrogens is 186 g/mol. The quantitative estimate of drug-likeness (QED) is 0.751. The average molecular weight is 205 g/mol. The number of rotatable bonds is 3. The molecule has 1 aromatic rings. The highest BCUT2D eigenvalue weighted by atomic mass is 16.5. The molecule has 1 saturated heterocycles. The first kappa shape index (κ1) is 10.7. The molecule has 1 heterocycles. The molecule has 2 unspecified atom stereocenters. The van der Waals surface area contributed by atoms with Gasteiger partial charge in [0.2, 0.25) is 0 Å². The molecule has 0 amide bonds. The van der Waals surface area contributed by atoms with Crippen molar-refractivity contribution >= 4 is 0 Å². The molecule has 1 aromatic carbocycles. The maximum absolute atomic E-state index is 5.83. The van der Waals surface area contributed by atoms with E-state index in [2.05, 4.69) is 49.3 Å². The van der Waals surface area contributed by atoms with E-state index in [9.17, 15) is 0 Å². The second-order valence-corrected chi connectivity index (χ2v) is 4.60. The van der Waals surface area contributed by atoms with Gasteiger partial charge >= 0.3 is 0 Å². The van der Waals surface area contributed by atoms with Crippen LogP contribution in [0.1, 0.15) is 18.1 Å². The molecule has 0 aliphatic carbocycles. The smallest absolute Gasteiger partial charge is 0.0829 e. The molecule has 0 bridgehead atoms. The average Bonchev–Trinajstić information content (AvgIpc) is 2.67. The lowest BCUT2D eigenvalue weighted by molar-refractivity contribution is 0.105. The van der Waals surface area contributed by atoms with Crippen molar-refractivity contribution in [1.82, 2.24) is 4.90 Å². The van der Waals surface area contributed by atoms with Gasteiger partial charge in [-0.15, -0.1) is 0 Å². The van der Waals surface area contributed by atoms with Crippen LogP contribution in [0.4, 0.5) is 0 Å². The summed E-state index contributed by atoms with van der Waals surface area (Å²) < 4.78 is 5.83. The van der Waals surface area contributed by atoms with Gasteiger partial charge in [-0.05, 0) is 32.0 Å². The number of hydrogen-bond donors (Lipinski definition) is 0. The highest BCUT2D eigenvalue weighted by Gasteiger charge is 2.26. The maximum Gasteiger partial charge on any atom is 0.0829 e. The first-order valence-corrected chi connectivity index (χ1v) is 5.57. The first-order valence-electron chi connectivity index (χ1n) is 5.57. The topological polar surface area (TPSA) is 12.5 Å². The van der Waals surface area contributed by atoms with Crippen LogP contribution in [0.3, 0.4) is 0 Å². The van der Waals surface area contributed by atoms with Crippen LogP contribution in [0.15, 0.2) is 30.3 Å². The van der Waals surface area contributed by atoms with Crippen molar-refractivity contribution in [2.75, 3.05) is 27.2 Å². The van der Waals surface area contributed by atoms with Crippen LogP contribution in [0.25, 0.3) is 0 Å². The maximum atomic E-state index is 5.83. The molecule has 2 atom stereocenters. The van der Waals surface area contributed by atoms with E-state index in [1.165, 1.54) is 5.56 Å². The summed E-state index contributed by atoms with van der Waals surface area (Å²) in [6.45, 7) is 2.03. The van der Waals surface area contributed by atoms with Crippen molar-refractivity contribution in [3.8, 4) is 0 Å². The second-order valence-electron chi connectivity index (χ2n) is 4.60. The summed E-state index contributed by atoms with van der Waals surface area (Å²) >= 11 is 0. The Morgan fingerprint density at radius 1 is 1.27 bits per heavy atom. The zero-order valence-electron chi connectivity index (χ0n) is 9.52. The molecule has 82 valence electrons. The molecule has 0 spiro atoms. The number of hydrogen-bond acceptors (Lipinski definition) is 2. The molecule has 1 aliphatic rings. The fourth-order valence-electron chi connectivity index (χ4n) is 2.23. The highest BCUT2D eigenvalue weighted by Crippen LogP contribution is 2.32. The molecule has 1 fully saturated rings. The normalized spacial score (nSPS) is 26.1. The highest BCUT2D eigenvalue weighted by molar-refractivity contribution is 5.18. The molecule has 15 heavy (non-hydrogen) atoms. The van der Waals surface area contributed by atoms with Gasteiger partial charge in [0.25, 0.3) is 0 Å². The zero-order chi connectivity index (χ0) is 10.7. The van der Waals surface area contributed by atoms with E-state index in [1.807, 2.05) is 0 Å². The van der Waals surface area contributed by atoms with Crippen LogP contribution >= 0.6 is 0 Å². The molecule has 0 N–H and O–H groups in total. The van der Waals surface area contributed by atoms with Crippen molar-refractivity contribution in [2.45, 2.75) is 12.5 Å². The number of benzene rings is 1. The lowest BCUT2D eigenvalue weighted by Crippen LogP contribution is -2.21. The van der Waals surface area contributed by atoms with Gasteiger partial charge in [-0.25, -0.2) is 0 Å². The second kappa shape index (κ2) is 4.77. The van der Waals surface area contributed by atoms with Crippen molar-refractivity contribution in [2.24, 2.45) is 5.92 Å². The summed E-state index contributed by atoms with van der Waals surface area (Å²) in [5.41, 5.74) is 1.32. The molecule has 0 saturated carbocycles. The van der Waals surface area contributed by atoms with Crippen LogP contribution in [0.2, 0.25) is 0 Å². The lowest BCUT2D eigenvalue weighted by atomic mass is 10.0. The first-order chi connectivity index (χ1) is 7.25. The largest absolute Gasteiger partial charge is 0.373 e. The number of nitrogens with zero attached hydrogens (tertiary/aromatic N) is 1. The SMILES string of the molecule is CN(C)CC1COC(c2ccccc2)C1. The van der Waals surface area contributed by atoms with Crippen LogP contribution in [-0.2, 0) is 4.74 Å². The molecule has 2 rings (SSSR count). The fourth-order valence-corrected chi connectivity index (χ4v) is 2.23. The van der Waals surface area contributed by atoms with E-state index in [-0.39, 0.29) is 0 Å². The Balaban J connectivity index is 1.93. The van der Waals surface area contributed by atoms with Gasteiger partial charge in [0, 0.05) is 6.54 Å². The molecule has 0 radical (unpaired) electrons. The minimum Gasteiger partial charge on any atom is -0.373 e. The molecule has 0 aromatic heterocycles. The van der Waals surface area contributed by atoms with Gasteiger partial charge in [-0.1, -0.05) is 30.3 Å². The van der Waals surface area contributed by atoms with E-state index in [0.717, 1.165) is 19.6 Å².